The molecule has 0 N–H and O–H groups in total. The van der Waals surface area contributed by atoms with E-state index in [2.05, 4.69) is 6.92 Å². The molecule has 0 aliphatic heterocycles. The zero-order valence-corrected chi connectivity index (χ0v) is 18.9. The molecule has 0 aliphatic rings. The molecule has 0 saturated heterocycles. The van der Waals surface area contributed by atoms with E-state index in [-0.39, 0.29) is 5.56 Å². The largest absolute Gasteiger partial charge is 0.331 e. The molecule has 1 aromatic carbocycles. The standard InChI is InChI=1S/C24H39F3O3/c1-4-5-6-7-8-10-13-16-24(28-2,29-3)30-17-14-11-9-12-15-20-18-22(26)23(27)19-21(20)25/h18-19H,4-17H2,1-3H3. The van der Waals surface area contributed by atoms with Gasteiger partial charge in [-0.25, -0.2) is 13.2 Å². The van der Waals surface area contributed by atoms with Crippen molar-refractivity contribution in [2.75, 3.05) is 20.8 Å². The summed E-state index contributed by atoms with van der Waals surface area (Å²) < 4.78 is 56.7. The third-order valence-electron chi connectivity index (χ3n) is 5.46. The fourth-order valence-electron chi connectivity index (χ4n) is 3.53. The Morgan fingerprint density at radius 1 is 0.700 bits per heavy atom. The number of benzene rings is 1. The Kier molecular flexibility index (Phi) is 14.1. The summed E-state index contributed by atoms with van der Waals surface area (Å²) in [6.07, 6.45) is 12.9. The minimum Gasteiger partial charge on any atom is -0.331 e. The lowest BCUT2D eigenvalue weighted by Crippen LogP contribution is -2.37. The van der Waals surface area contributed by atoms with Crippen LogP contribution in [0.3, 0.4) is 0 Å². The number of unbranched alkanes of at least 4 members (excludes halogenated alkanes) is 9. The summed E-state index contributed by atoms with van der Waals surface area (Å²) in [4.78, 5) is 0. The van der Waals surface area contributed by atoms with Gasteiger partial charge in [0.05, 0.1) is 6.61 Å². The van der Waals surface area contributed by atoms with Crippen molar-refractivity contribution in [3.63, 3.8) is 0 Å². The molecule has 1 aromatic rings. The Hall–Kier alpha value is -1.11. The Morgan fingerprint density at radius 3 is 1.93 bits per heavy atom. The third-order valence-corrected chi connectivity index (χ3v) is 5.46. The van der Waals surface area contributed by atoms with Crippen molar-refractivity contribution in [2.24, 2.45) is 0 Å². The van der Waals surface area contributed by atoms with Gasteiger partial charge in [-0.3, -0.25) is 0 Å². The average molecular weight is 433 g/mol. The summed E-state index contributed by atoms with van der Waals surface area (Å²) in [5.74, 6) is -3.83. The lowest BCUT2D eigenvalue weighted by atomic mass is 10.1. The monoisotopic (exact) mass is 432 g/mol. The van der Waals surface area contributed by atoms with Crippen LogP contribution in [0.4, 0.5) is 13.2 Å². The van der Waals surface area contributed by atoms with Gasteiger partial charge in [0.15, 0.2) is 11.6 Å². The highest BCUT2D eigenvalue weighted by atomic mass is 19.2. The van der Waals surface area contributed by atoms with E-state index in [0.717, 1.165) is 38.2 Å². The van der Waals surface area contributed by atoms with Gasteiger partial charge in [-0.15, -0.1) is 0 Å². The number of methoxy groups -OCH3 is 2. The second-order valence-electron chi connectivity index (χ2n) is 7.83. The van der Waals surface area contributed by atoms with Crippen LogP contribution in [0.15, 0.2) is 12.1 Å². The average Bonchev–Trinajstić information content (AvgIpc) is 2.74. The van der Waals surface area contributed by atoms with Gasteiger partial charge >= 0.3 is 0 Å². The Morgan fingerprint density at radius 2 is 1.27 bits per heavy atom. The zero-order valence-electron chi connectivity index (χ0n) is 18.9. The van der Waals surface area contributed by atoms with Crippen molar-refractivity contribution < 1.29 is 27.4 Å². The van der Waals surface area contributed by atoms with E-state index < -0.39 is 23.4 Å². The summed E-state index contributed by atoms with van der Waals surface area (Å²) >= 11 is 0. The number of rotatable bonds is 18. The molecule has 0 bridgehead atoms. The SMILES string of the molecule is CCCCCCCCCC(OC)(OC)OCCCCCCc1cc(F)c(F)cc1F. The van der Waals surface area contributed by atoms with E-state index in [0.29, 0.717) is 31.9 Å². The molecule has 1 rings (SSSR count). The van der Waals surface area contributed by atoms with Gasteiger partial charge < -0.3 is 14.2 Å². The van der Waals surface area contributed by atoms with Crippen molar-refractivity contribution in [3.8, 4) is 0 Å². The number of aryl methyl sites for hydroxylation is 1. The molecule has 0 aromatic heterocycles. The molecule has 0 atom stereocenters. The topological polar surface area (TPSA) is 27.7 Å². The molecule has 0 heterocycles. The predicted molar refractivity (Wildman–Crippen MR) is 114 cm³/mol. The van der Waals surface area contributed by atoms with E-state index in [1.54, 1.807) is 14.2 Å². The maximum atomic E-state index is 13.6. The third kappa shape index (κ3) is 10.3. The molecule has 0 unspecified atom stereocenters. The second kappa shape index (κ2) is 15.7. The fraction of sp³-hybridized carbons (Fsp3) is 0.750. The highest BCUT2D eigenvalue weighted by molar-refractivity contribution is 5.20. The molecule has 6 heteroatoms. The first kappa shape index (κ1) is 26.9. The van der Waals surface area contributed by atoms with Gasteiger partial charge in [-0.1, -0.05) is 58.3 Å². The number of ether oxygens (including phenoxy) is 3. The summed E-state index contributed by atoms with van der Waals surface area (Å²) in [5, 5.41) is 0. The molecule has 30 heavy (non-hydrogen) atoms. The van der Waals surface area contributed by atoms with Gasteiger partial charge in [-0.2, -0.15) is 0 Å². The van der Waals surface area contributed by atoms with Gasteiger partial charge in [0.1, 0.15) is 5.82 Å². The Balaban J connectivity index is 2.19. The van der Waals surface area contributed by atoms with Crippen molar-refractivity contribution in [3.05, 3.63) is 35.1 Å². The van der Waals surface area contributed by atoms with Crippen LogP contribution < -0.4 is 0 Å². The molecular weight excluding hydrogens is 393 g/mol. The van der Waals surface area contributed by atoms with Gasteiger partial charge in [-0.05, 0) is 37.3 Å². The van der Waals surface area contributed by atoms with E-state index in [4.69, 9.17) is 14.2 Å². The summed E-state index contributed by atoms with van der Waals surface area (Å²) in [7, 11) is 3.20. The quantitative estimate of drug-likeness (QED) is 0.138. The number of hydrogen-bond donors (Lipinski definition) is 0. The van der Waals surface area contributed by atoms with Crippen LogP contribution in [0.25, 0.3) is 0 Å². The van der Waals surface area contributed by atoms with E-state index >= 15 is 0 Å². The van der Waals surface area contributed by atoms with Crippen LogP contribution in [0.5, 0.6) is 0 Å². The normalized spacial score (nSPS) is 11.9. The minimum atomic E-state index is -1.15. The van der Waals surface area contributed by atoms with E-state index in [9.17, 15) is 13.2 Å². The fourth-order valence-corrected chi connectivity index (χ4v) is 3.53. The minimum absolute atomic E-state index is 0.220. The van der Waals surface area contributed by atoms with Crippen LogP contribution in [0.2, 0.25) is 0 Å². The highest BCUT2D eigenvalue weighted by Crippen LogP contribution is 2.23. The first-order chi connectivity index (χ1) is 14.5. The van der Waals surface area contributed by atoms with Crippen molar-refractivity contribution in [1.29, 1.82) is 0 Å². The van der Waals surface area contributed by atoms with Gasteiger partial charge in [0.25, 0.3) is 5.97 Å². The van der Waals surface area contributed by atoms with Gasteiger partial charge in [0.2, 0.25) is 0 Å². The van der Waals surface area contributed by atoms with Crippen molar-refractivity contribution in [2.45, 2.75) is 96.4 Å². The molecule has 0 spiro atoms. The smallest absolute Gasteiger partial charge is 0.282 e. The zero-order chi connectivity index (χ0) is 22.2. The Bertz CT molecular complexity index is 577. The van der Waals surface area contributed by atoms with Crippen molar-refractivity contribution in [1.82, 2.24) is 0 Å². The maximum absolute atomic E-state index is 13.6. The number of hydrogen-bond acceptors (Lipinski definition) is 3. The van der Waals surface area contributed by atoms with Gasteiger partial charge in [0, 0.05) is 26.7 Å². The molecule has 0 amide bonds. The van der Waals surface area contributed by atoms with Crippen LogP contribution in [0.1, 0.15) is 89.5 Å². The lowest BCUT2D eigenvalue weighted by Gasteiger charge is -2.30. The molecule has 0 fully saturated rings. The second-order valence-corrected chi connectivity index (χ2v) is 7.83. The Labute approximate surface area is 180 Å². The van der Waals surface area contributed by atoms with Crippen LogP contribution in [-0.2, 0) is 20.6 Å². The first-order valence-electron chi connectivity index (χ1n) is 11.4. The molecule has 174 valence electrons. The molecular formula is C24H39F3O3. The van der Waals surface area contributed by atoms with E-state index in [1.807, 2.05) is 0 Å². The number of halogens is 3. The predicted octanol–water partition coefficient (Wildman–Crippen LogP) is 7.31. The summed E-state index contributed by atoms with van der Waals surface area (Å²) in [5.41, 5.74) is 0.220. The maximum Gasteiger partial charge on any atom is 0.282 e. The first-order valence-corrected chi connectivity index (χ1v) is 11.4. The molecule has 0 aliphatic carbocycles. The van der Waals surface area contributed by atoms with Crippen molar-refractivity contribution >= 4 is 0 Å². The van der Waals surface area contributed by atoms with Crippen LogP contribution in [-0.4, -0.2) is 26.8 Å². The molecule has 0 radical (unpaired) electrons. The van der Waals surface area contributed by atoms with E-state index in [1.165, 1.54) is 32.1 Å². The summed E-state index contributed by atoms with van der Waals surface area (Å²) in [6.45, 7) is 2.73. The molecule has 0 saturated carbocycles. The van der Waals surface area contributed by atoms with Crippen LogP contribution in [0, 0.1) is 17.5 Å². The lowest BCUT2D eigenvalue weighted by molar-refractivity contribution is -0.365. The summed E-state index contributed by atoms with van der Waals surface area (Å²) in [6, 6.07) is 1.56. The highest BCUT2D eigenvalue weighted by Gasteiger charge is 2.30. The molecule has 3 nitrogen and oxygen atoms in total. The van der Waals surface area contributed by atoms with Crippen LogP contribution >= 0.6 is 0 Å².